The molecule has 7 heteroatoms. The molecule has 0 saturated carbocycles. The third-order valence-corrected chi connectivity index (χ3v) is 4.54. The first-order valence-corrected chi connectivity index (χ1v) is 8.43. The zero-order valence-electron chi connectivity index (χ0n) is 13.7. The fourth-order valence-corrected chi connectivity index (χ4v) is 3.04. The SMILES string of the molecule is O=C1CN(c2ccc(CNC(=O)N3CCC(O)CC3)cc2)CCN1. The number of aliphatic hydroxyl groups excluding tert-OH is 1. The number of anilines is 1. The Hall–Kier alpha value is -2.28. The number of nitrogens with one attached hydrogen (secondary N) is 2. The lowest BCUT2D eigenvalue weighted by Gasteiger charge is -2.30. The monoisotopic (exact) mass is 332 g/mol. The average Bonchev–Trinajstić information content (AvgIpc) is 2.61. The molecule has 2 saturated heterocycles. The molecule has 0 aromatic heterocycles. The quantitative estimate of drug-likeness (QED) is 0.743. The van der Waals surface area contributed by atoms with Crippen LogP contribution in [-0.2, 0) is 11.3 Å². The van der Waals surface area contributed by atoms with Gasteiger partial charge in [0.2, 0.25) is 5.91 Å². The van der Waals surface area contributed by atoms with Gasteiger partial charge in [0.15, 0.2) is 0 Å². The van der Waals surface area contributed by atoms with Crippen molar-refractivity contribution < 1.29 is 14.7 Å². The second-order valence-corrected chi connectivity index (χ2v) is 6.31. The zero-order valence-corrected chi connectivity index (χ0v) is 13.7. The highest BCUT2D eigenvalue weighted by molar-refractivity contribution is 5.82. The van der Waals surface area contributed by atoms with E-state index in [0.29, 0.717) is 45.6 Å². The highest BCUT2D eigenvalue weighted by atomic mass is 16.3. The third kappa shape index (κ3) is 4.17. The van der Waals surface area contributed by atoms with Crippen LogP contribution in [0.15, 0.2) is 24.3 Å². The van der Waals surface area contributed by atoms with Crippen molar-refractivity contribution in [3.05, 3.63) is 29.8 Å². The number of carbonyl (C=O) groups is 2. The molecular weight excluding hydrogens is 308 g/mol. The number of piperazine rings is 1. The fourth-order valence-electron chi connectivity index (χ4n) is 3.04. The summed E-state index contributed by atoms with van der Waals surface area (Å²) >= 11 is 0. The van der Waals surface area contributed by atoms with Gasteiger partial charge in [-0.3, -0.25) is 4.79 Å². The van der Waals surface area contributed by atoms with Crippen molar-refractivity contribution in [2.45, 2.75) is 25.5 Å². The Balaban J connectivity index is 1.49. The maximum Gasteiger partial charge on any atom is 0.317 e. The van der Waals surface area contributed by atoms with Crippen LogP contribution >= 0.6 is 0 Å². The van der Waals surface area contributed by atoms with Gasteiger partial charge in [-0.1, -0.05) is 12.1 Å². The number of carbonyl (C=O) groups excluding carboxylic acids is 2. The molecule has 2 heterocycles. The molecule has 0 atom stereocenters. The van der Waals surface area contributed by atoms with E-state index < -0.39 is 0 Å². The summed E-state index contributed by atoms with van der Waals surface area (Å²) < 4.78 is 0. The Morgan fingerprint density at radius 1 is 1.21 bits per heavy atom. The van der Waals surface area contributed by atoms with E-state index in [9.17, 15) is 14.7 Å². The Morgan fingerprint density at radius 2 is 1.92 bits per heavy atom. The molecule has 3 N–H and O–H groups in total. The lowest BCUT2D eigenvalue weighted by Crippen LogP contribution is -2.47. The molecule has 0 spiro atoms. The number of likely N-dealkylation sites (tertiary alicyclic amines) is 1. The van der Waals surface area contributed by atoms with E-state index in [2.05, 4.69) is 10.6 Å². The maximum atomic E-state index is 12.1. The lowest BCUT2D eigenvalue weighted by molar-refractivity contribution is -0.120. The molecule has 3 amide bonds. The van der Waals surface area contributed by atoms with Crippen LogP contribution in [0.3, 0.4) is 0 Å². The van der Waals surface area contributed by atoms with Crippen molar-refractivity contribution >= 4 is 17.6 Å². The summed E-state index contributed by atoms with van der Waals surface area (Å²) in [5.74, 6) is 0.0456. The number of benzene rings is 1. The van der Waals surface area contributed by atoms with E-state index >= 15 is 0 Å². The molecular formula is C17H24N4O3. The van der Waals surface area contributed by atoms with Gasteiger partial charge in [0.25, 0.3) is 0 Å². The van der Waals surface area contributed by atoms with Crippen LogP contribution in [0.4, 0.5) is 10.5 Å². The van der Waals surface area contributed by atoms with Gasteiger partial charge in [-0.15, -0.1) is 0 Å². The first kappa shape index (κ1) is 16.6. The van der Waals surface area contributed by atoms with Gasteiger partial charge in [-0.25, -0.2) is 4.79 Å². The first-order chi connectivity index (χ1) is 11.6. The van der Waals surface area contributed by atoms with Crippen LogP contribution in [0.2, 0.25) is 0 Å². The van der Waals surface area contributed by atoms with E-state index in [4.69, 9.17) is 0 Å². The van der Waals surface area contributed by atoms with Gasteiger partial charge >= 0.3 is 6.03 Å². The zero-order chi connectivity index (χ0) is 16.9. The summed E-state index contributed by atoms with van der Waals surface area (Å²) in [5.41, 5.74) is 2.04. The third-order valence-electron chi connectivity index (χ3n) is 4.54. The summed E-state index contributed by atoms with van der Waals surface area (Å²) in [7, 11) is 0. The molecule has 130 valence electrons. The minimum absolute atomic E-state index is 0.0456. The molecule has 1 aromatic carbocycles. The van der Waals surface area contributed by atoms with Crippen LogP contribution in [0, 0.1) is 0 Å². The van der Waals surface area contributed by atoms with Crippen LogP contribution in [0.25, 0.3) is 0 Å². The number of aliphatic hydroxyl groups is 1. The molecule has 7 nitrogen and oxygen atoms in total. The van der Waals surface area contributed by atoms with E-state index in [1.807, 2.05) is 29.2 Å². The van der Waals surface area contributed by atoms with Crippen LogP contribution in [-0.4, -0.2) is 60.8 Å². The number of hydrogen-bond donors (Lipinski definition) is 3. The molecule has 3 rings (SSSR count). The van der Waals surface area contributed by atoms with E-state index in [0.717, 1.165) is 17.8 Å². The van der Waals surface area contributed by atoms with Gasteiger partial charge < -0.3 is 25.5 Å². The van der Waals surface area contributed by atoms with Crippen molar-refractivity contribution in [1.29, 1.82) is 0 Å². The smallest absolute Gasteiger partial charge is 0.317 e. The summed E-state index contributed by atoms with van der Waals surface area (Å²) in [6.07, 6.45) is 1.01. The molecule has 24 heavy (non-hydrogen) atoms. The Morgan fingerprint density at radius 3 is 2.58 bits per heavy atom. The summed E-state index contributed by atoms with van der Waals surface area (Å²) in [5, 5.41) is 15.2. The van der Waals surface area contributed by atoms with E-state index in [1.54, 1.807) is 4.90 Å². The normalized spacial score (nSPS) is 19.1. The summed E-state index contributed by atoms with van der Waals surface area (Å²) in [6, 6.07) is 7.83. The second kappa shape index (κ2) is 7.53. The first-order valence-electron chi connectivity index (χ1n) is 8.43. The fraction of sp³-hybridized carbons (Fsp3) is 0.529. The van der Waals surface area contributed by atoms with Crippen molar-refractivity contribution in [2.75, 3.05) is 37.6 Å². The molecule has 0 bridgehead atoms. The standard InChI is InChI=1S/C17H24N4O3/c22-15-5-8-20(9-6-15)17(24)19-11-13-1-3-14(4-2-13)21-10-7-18-16(23)12-21/h1-4,15,22H,5-12H2,(H,18,23)(H,19,24). The number of urea groups is 1. The van der Waals surface area contributed by atoms with Gasteiger partial charge in [-0.2, -0.15) is 0 Å². The molecule has 2 aliphatic heterocycles. The number of amides is 3. The predicted octanol–water partition coefficient (Wildman–Crippen LogP) is 0.289. The Bertz CT molecular complexity index is 582. The van der Waals surface area contributed by atoms with Gasteiger partial charge in [0, 0.05) is 38.4 Å². The van der Waals surface area contributed by atoms with Crippen molar-refractivity contribution in [3.63, 3.8) is 0 Å². The molecule has 0 aliphatic carbocycles. The largest absolute Gasteiger partial charge is 0.393 e. The number of hydrogen-bond acceptors (Lipinski definition) is 4. The maximum absolute atomic E-state index is 12.1. The topological polar surface area (TPSA) is 84.9 Å². The molecule has 2 aliphatic rings. The van der Waals surface area contributed by atoms with Crippen molar-refractivity contribution in [1.82, 2.24) is 15.5 Å². The molecule has 1 aromatic rings. The van der Waals surface area contributed by atoms with Gasteiger partial charge in [0.05, 0.1) is 12.6 Å². The van der Waals surface area contributed by atoms with Gasteiger partial charge in [0.1, 0.15) is 0 Å². The van der Waals surface area contributed by atoms with E-state index in [-0.39, 0.29) is 18.0 Å². The Kier molecular flexibility index (Phi) is 5.20. The number of piperidine rings is 1. The lowest BCUT2D eigenvalue weighted by atomic mass is 10.1. The van der Waals surface area contributed by atoms with Crippen molar-refractivity contribution in [3.8, 4) is 0 Å². The predicted molar refractivity (Wildman–Crippen MR) is 90.7 cm³/mol. The molecule has 2 fully saturated rings. The summed E-state index contributed by atoms with van der Waals surface area (Å²) in [4.78, 5) is 27.3. The van der Waals surface area contributed by atoms with Gasteiger partial charge in [-0.05, 0) is 30.5 Å². The average molecular weight is 332 g/mol. The van der Waals surface area contributed by atoms with Crippen LogP contribution in [0.1, 0.15) is 18.4 Å². The second-order valence-electron chi connectivity index (χ2n) is 6.31. The minimum Gasteiger partial charge on any atom is -0.393 e. The number of rotatable bonds is 3. The van der Waals surface area contributed by atoms with Crippen molar-refractivity contribution in [2.24, 2.45) is 0 Å². The minimum atomic E-state index is -0.279. The van der Waals surface area contributed by atoms with Crippen LogP contribution in [0.5, 0.6) is 0 Å². The number of nitrogens with zero attached hydrogens (tertiary/aromatic N) is 2. The van der Waals surface area contributed by atoms with Crippen LogP contribution < -0.4 is 15.5 Å². The summed E-state index contributed by atoms with van der Waals surface area (Å²) in [6.45, 7) is 3.53. The Labute approximate surface area is 141 Å². The highest BCUT2D eigenvalue weighted by Gasteiger charge is 2.21. The van der Waals surface area contributed by atoms with E-state index in [1.165, 1.54) is 0 Å². The molecule has 0 unspecified atom stereocenters. The molecule has 0 radical (unpaired) electrons. The highest BCUT2D eigenvalue weighted by Crippen LogP contribution is 2.16.